The first-order valence-corrected chi connectivity index (χ1v) is 7.85. The van der Waals surface area contributed by atoms with Gasteiger partial charge in [0.05, 0.1) is 5.25 Å². The Kier molecular flexibility index (Phi) is 5.38. The number of hydrogen-bond donors (Lipinski definition) is 1. The zero-order valence-electron chi connectivity index (χ0n) is 12.5. The molecule has 1 atom stereocenters. The number of aromatic nitrogens is 3. The number of para-hydroxylation sites is 1. The van der Waals surface area contributed by atoms with Crippen molar-refractivity contribution in [3.8, 4) is 5.69 Å². The predicted octanol–water partition coefficient (Wildman–Crippen LogP) is 2.52. The highest BCUT2D eigenvalue weighted by molar-refractivity contribution is 8.00. The van der Waals surface area contributed by atoms with Gasteiger partial charge in [0, 0.05) is 12.2 Å². The Bertz CT molecular complexity index is 582. The van der Waals surface area contributed by atoms with E-state index < -0.39 is 0 Å². The lowest BCUT2D eigenvalue weighted by Gasteiger charge is -2.13. The van der Waals surface area contributed by atoms with Crippen LogP contribution >= 0.6 is 11.8 Å². The molecule has 0 aliphatic carbocycles. The summed E-state index contributed by atoms with van der Waals surface area (Å²) in [6.07, 6.45) is 1.66. The maximum absolute atomic E-state index is 12.0. The molecule has 21 heavy (non-hydrogen) atoms. The zero-order chi connectivity index (χ0) is 15.2. The zero-order valence-corrected chi connectivity index (χ0v) is 13.3. The van der Waals surface area contributed by atoms with Crippen LogP contribution in [0.1, 0.15) is 20.8 Å². The first-order chi connectivity index (χ1) is 10.1. The lowest BCUT2D eigenvalue weighted by Crippen LogP contribution is -2.33. The topological polar surface area (TPSA) is 59.8 Å². The number of hydrogen-bond acceptors (Lipinski definition) is 4. The summed E-state index contributed by atoms with van der Waals surface area (Å²) in [5.74, 6) is 0.468. The maximum atomic E-state index is 12.0. The smallest absolute Gasteiger partial charge is 0.233 e. The minimum Gasteiger partial charge on any atom is -0.355 e. The fourth-order valence-corrected chi connectivity index (χ4v) is 2.60. The standard InChI is InChI=1S/C15H20N4OS/c1-11(2)9-16-14(20)12(3)21-15-18-17-10-19(15)13-7-5-4-6-8-13/h4-8,10-12H,9H2,1-3H3,(H,16,20). The molecule has 0 saturated heterocycles. The third kappa shape index (κ3) is 4.32. The van der Waals surface area contributed by atoms with Gasteiger partial charge in [-0.15, -0.1) is 10.2 Å². The first-order valence-electron chi connectivity index (χ1n) is 6.97. The molecule has 1 heterocycles. The lowest BCUT2D eigenvalue weighted by atomic mass is 10.2. The van der Waals surface area contributed by atoms with Gasteiger partial charge < -0.3 is 5.32 Å². The van der Waals surface area contributed by atoms with E-state index in [0.29, 0.717) is 17.6 Å². The van der Waals surface area contributed by atoms with Gasteiger partial charge in [-0.3, -0.25) is 9.36 Å². The second-order valence-electron chi connectivity index (χ2n) is 5.22. The largest absolute Gasteiger partial charge is 0.355 e. The highest BCUT2D eigenvalue weighted by Gasteiger charge is 2.18. The SMILES string of the molecule is CC(C)CNC(=O)C(C)Sc1nncn1-c1ccccc1. The Morgan fingerprint density at radius 1 is 1.29 bits per heavy atom. The molecule has 0 aliphatic rings. The molecule has 1 unspecified atom stereocenters. The second kappa shape index (κ2) is 7.26. The van der Waals surface area contributed by atoms with Crippen molar-refractivity contribution in [2.24, 2.45) is 5.92 Å². The summed E-state index contributed by atoms with van der Waals surface area (Å²) in [4.78, 5) is 12.0. The van der Waals surface area contributed by atoms with E-state index in [4.69, 9.17) is 0 Å². The average molecular weight is 304 g/mol. The van der Waals surface area contributed by atoms with Crippen molar-refractivity contribution in [2.75, 3.05) is 6.54 Å². The van der Waals surface area contributed by atoms with Crippen molar-refractivity contribution < 1.29 is 4.79 Å². The van der Waals surface area contributed by atoms with Gasteiger partial charge in [0.1, 0.15) is 6.33 Å². The Hall–Kier alpha value is -1.82. The summed E-state index contributed by atoms with van der Waals surface area (Å²) in [6.45, 7) is 6.72. The first kappa shape index (κ1) is 15.6. The minimum absolute atomic E-state index is 0.0244. The predicted molar refractivity (Wildman–Crippen MR) is 84.5 cm³/mol. The molecule has 6 heteroatoms. The summed E-state index contributed by atoms with van der Waals surface area (Å²) in [5.41, 5.74) is 0.986. The van der Waals surface area contributed by atoms with Gasteiger partial charge in [-0.2, -0.15) is 0 Å². The number of nitrogens with one attached hydrogen (secondary N) is 1. The van der Waals surface area contributed by atoms with Gasteiger partial charge in [0.25, 0.3) is 0 Å². The van der Waals surface area contributed by atoms with Crippen molar-refractivity contribution in [3.63, 3.8) is 0 Å². The molecule has 1 N–H and O–H groups in total. The van der Waals surface area contributed by atoms with Crippen molar-refractivity contribution in [3.05, 3.63) is 36.7 Å². The van der Waals surface area contributed by atoms with Crippen LogP contribution in [-0.4, -0.2) is 32.5 Å². The maximum Gasteiger partial charge on any atom is 0.233 e. The Morgan fingerprint density at radius 2 is 2.00 bits per heavy atom. The Labute approximate surface area is 129 Å². The third-order valence-corrected chi connectivity index (χ3v) is 3.94. The van der Waals surface area contributed by atoms with Crippen molar-refractivity contribution in [1.29, 1.82) is 0 Å². The van der Waals surface area contributed by atoms with E-state index in [1.165, 1.54) is 11.8 Å². The third-order valence-electron chi connectivity index (χ3n) is 2.89. The molecular weight excluding hydrogens is 284 g/mol. The van der Waals surface area contributed by atoms with Crippen LogP contribution in [0, 0.1) is 5.92 Å². The van der Waals surface area contributed by atoms with E-state index >= 15 is 0 Å². The van der Waals surface area contributed by atoms with Gasteiger partial charge in [0.2, 0.25) is 5.91 Å². The van der Waals surface area contributed by atoms with Crippen molar-refractivity contribution in [2.45, 2.75) is 31.2 Å². The van der Waals surface area contributed by atoms with Gasteiger partial charge in [-0.25, -0.2) is 0 Å². The molecular formula is C15H20N4OS. The van der Waals surface area contributed by atoms with Crippen LogP contribution in [0.3, 0.4) is 0 Å². The monoisotopic (exact) mass is 304 g/mol. The minimum atomic E-state index is -0.213. The fraction of sp³-hybridized carbons (Fsp3) is 0.400. The van der Waals surface area contributed by atoms with E-state index in [-0.39, 0.29) is 11.2 Å². The molecule has 2 rings (SSSR count). The summed E-state index contributed by atoms with van der Waals surface area (Å²) in [7, 11) is 0. The van der Waals surface area contributed by atoms with Crippen LogP contribution < -0.4 is 5.32 Å². The molecule has 5 nitrogen and oxygen atoms in total. The number of carbonyl (C=O) groups excluding carboxylic acids is 1. The summed E-state index contributed by atoms with van der Waals surface area (Å²) in [5, 5.41) is 11.5. The summed E-state index contributed by atoms with van der Waals surface area (Å²) in [6, 6.07) is 9.85. The normalized spacial score (nSPS) is 12.4. The van der Waals surface area contributed by atoms with Crippen molar-refractivity contribution in [1.82, 2.24) is 20.1 Å². The van der Waals surface area contributed by atoms with Crippen LogP contribution in [-0.2, 0) is 4.79 Å². The number of nitrogens with zero attached hydrogens (tertiary/aromatic N) is 3. The van der Waals surface area contributed by atoms with Crippen molar-refractivity contribution >= 4 is 17.7 Å². The van der Waals surface area contributed by atoms with E-state index in [2.05, 4.69) is 29.4 Å². The van der Waals surface area contributed by atoms with Gasteiger partial charge in [0.15, 0.2) is 5.16 Å². The molecule has 112 valence electrons. The highest BCUT2D eigenvalue weighted by Crippen LogP contribution is 2.23. The van der Waals surface area contributed by atoms with E-state index in [9.17, 15) is 4.79 Å². The van der Waals surface area contributed by atoms with Gasteiger partial charge in [-0.1, -0.05) is 43.8 Å². The van der Waals surface area contributed by atoms with Gasteiger partial charge >= 0.3 is 0 Å². The van der Waals surface area contributed by atoms with E-state index in [0.717, 1.165) is 5.69 Å². The quantitative estimate of drug-likeness (QED) is 0.833. The van der Waals surface area contributed by atoms with E-state index in [1.807, 2.05) is 41.8 Å². The lowest BCUT2D eigenvalue weighted by molar-refractivity contribution is -0.120. The fourth-order valence-electron chi connectivity index (χ4n) is 1.73. The van der Waals surface area contributed by atoms with Crippen LogP contribution in [0.5, 0.6) is 0 Å². The molecule has 0 fully saturated rings. The summed E-state index contributed by atoms with van der Waals surface area (Å²) < 4.78 is 1.89. The molecule has 1 amide bonds. The Morgan fingerprint density at radius 3 is 2.67 bits per heavy atom. The molecule has 0 aliphatic heterocycles. The molecule has 2 aromatic rings. The number of carbonyl (C=O) groups is 1. The molecule has 1 aromatic carbocycles. The molecule has 0 spiro atoms. The van der Waals surface area contributed by atoms with Crippen LogP contribution in [0.15, 0.2) is 41.8 Å². The number of amides is 1. The Balaban J connectivity index is 2.04. The molecule has 0 bridgehead atoms. The van der Waals surface area contributed by atoms with Crippen LogP contribution in [0.4, 0.5) is 0 Å². The number of thioether (sulfide) groups is 1. The van der Waals surface area contributed by atoms with Gasteiger partial charge in [-0.05, 0) is 25.0 Å². The van der Waals surface area contributed by atoms with Crippen LogP contribution in [0.25, 0.3) is 5.69 Å². The summed E-state index contributed by atoms with van der Waals surface area (Å²) >= 11 is 1.41. The molecule has 0 saturated carbocycles. The van der Waals surface area contributed by atoms with Crippen LogP contribution in [0.2, 0.25) is 0 Å². The number of benzene rings is 1. The molecule has 0 radical (unpaired) electrons. The van der Waals surface area contributed by atoms with E-state index in [1.54, 1.807) is 6.33 Å². The molecule has 1 aromatic heterocycles. The second-order valence-corrected chi connectivity index (χ2v) is 6.53. The highest BCUT2D eigenvalue weighted by atomic mass is 32.2. The number of rotatable bonds is 6. The average Bonchev–Trinajstić information content (AvgIpc) is 2.93.